The number of hydrogen-bond donors (Lipinski definition) is 1. The zero-order chi connectivity index (χ0) is 14.5. The van der Waals surface area contributed by atoms with Crippen molar-refractivity contribution >= 4 is 15.9 Å². The molecule has 0 fully saturated rings. The molecular weight excluding hydrogens is 324 g/mol. The van der Waals surface area contributed by atoms with Crippen molar-refractivity contribution in [3.8, 4) is 0 Å². The molecule has 1 unspecified atom stereocenters. The molecule has 4 heteroatoms. The third-order valence-corrected chi connectivity index (χ3v) is 3.72. The van der Waals surface area contributed by atoms with Gasteiger partial charge in [0.05, 0.1) is 0 Å². The van der Waals surface area contributed by atoms with E-state index >= 15 is 0 Å². The lowest BCUT2D eigenvalue weighted by atomic mass is 10.1. The first-order chi connectivity index (χ1) is 9.58. The van der Waals surface area contributed by atoms with Gasteiger partial charge in [0, 0.05) is 16.1 Å². The average Bonchev–Trinajstić information content (AvgIpc) is 2.40. The molecule has 0 saturated heterocycles. The summed E-state index contributed by atoms with van der Waals surface area (Å²) in [4.78, 5) is 0. The van der Waals surface area contributed by atoms with E-state index in [9.17, 15) is 8.78 Å². The summed E-state index contributed by atoms with van der Waals surface area (Å²) in [6.45, 7) is 2.49. The smallest absolute Gasteiger partial charge is 0.129 e. The minimum absolute atomic E-state index is 0.116. The van der Waals surface area contributed by atoms with Gasteiger partial charge in [0.25, 0.3) is 0 Å². The van der Waals surface area contributed by atoms with Crippen molar-refractivity contribution in [3.63, 3.8) is 0 Å². The summed E-state index contributed by atoms with van der Waals surface area (Å²) in [7, 11) is 0. The van der Waals surface area contributed by atoms with Gasteiger partial charge in [-0.3, -0.25) is 0 Å². The molecule has 106 valence electrons. The second-order valence-corrected chi connectivity index (χ2v) is 5.60. The monoisotopic (exact) mass is 339 g/mol. The van der Waals surface area contributed by atoms with Gasteiger partial charge in [-0.05, 0) is 43.7 Å². The predicted molar refractivity (Wildman–Crippen MR) is 80.6 cm³/mol. The highest BCUT2D eigenvalue weighted by atomic mass is 79.9. The molecule has 0 saturated carbocycles. The highest BCUT2D eigenvalue weighted by Crippen LogP contribution is 2.20. The van der Waals surface area contributed by atoms with Crippen molar-refractivity contribution in [1.29, 1.82) is 0 Å². The van der Waals surface area contributed by atoms with Gasteiger partial charge in [-0.2, -0.15) is 0 Å². The summed E-state index contributed by atoms with van der Waals surface area (Å²) in [6, 6.07) is 11.6. The summed E-state index contributed by atoms with van der Waals surface area (Å²) < 4.78 is 28.0. The van der Waals surface area contributed by atoms with Gasteiger partial charge in [0.1, 0.15) is 11.6 Å². The second kappa shape index (κ2) is 6.95. The molecule has 1 atom stereocenters. The Morgan fingerprint density at radius 3 is 2.55 bits per heavy atom. The normalized spacial score (nSPS) is 12.4. The molecule has 2 aromatic rings. The SMILES string of the molecule is CC(NCCc1ccccc1F)c1ccc(Br)cc1F. The molecule has 0 bridgehead atoms. The maximum Gasteiger partial charge on any atom is 0.129 e. The minimum atomic E-state index is -0.245. The summed E-state index contributed by atoms with van der Waals surface area (Å²) in [5.74, 6) is -0.443. The highest BCUT2D eigenvalue weighted by Gasteiger charge is 2.10. The lowest BCUT2D eigenvalue weighted by Gasteiger charge is -2.15. The van der Waals surface area contributed by atoms with E-state index in [4.69, 9.17) is 0 Å². The molecule has 0 aliphatic carbocycles. The summed E-state index contributed by atoms with van der Waals surface area (Å²) in [5.41, 5.74) is 1.28. The first-order valence-electron chi connectivity index (χ1n) is 6.49. The van der Waals surface area contributed by atoms with E-state index in [1.54, 1.807) is 18.2 Å². The van der Waals surface area contributed by atoms with Crippen LogP contribution in [0, 0.1) is 11.6 Å². The Bertz CT molecular complexity index is 586. The first-order valence-corrected chi connectivity index (χ1v) is 7.29. The van der Waals surface area contributed by atoms with Crippen LogP contribution in [-0.4, -0.2) is 6.54 Å². The van der Waals surface area contributed by atoms with Crippen LogP contribution in [0.1, 0.15) is 24.1 Å². The van der Waals surface area contributed by atoms with Gasteiger partial charge in [-0.25, -0.2) is 8.78 Å². The van der Waals surface area contributed by atoms with Crippen molar-refractivity contribution in [2.24, 2.45) is 0 Å². The van der Waals surface area contributed by atoms with Crippen LogP contribution in [0.5, 0.6) is 0 Å². The number of hydrogen-bond acceptors (Lipinski definition) is 1. The van der Waals surface area contributed by atoms with Crippen molar-refractivity contribution < 1.29 is 8.78 Å². The Kier molecular flexibility index (Phi) is 5.26. The van der Waals surface area contributed by atoms with Gasteiger partial charge < -0.3 is 5.32 Å². The van der Waals surface area contributed by atoms with E-state index in [0.29, 0.717) is 24.1 Å². The zero-order valence-corrected chi connectivity index (χ0v) is 12.8. The van der Waals surface area contributed by atoms with Gasteiger partial charge in [0.15, 0.2) is 0 Å². The third kappa shape index (κ3) is 3.87. The number of benzene rings is 2. The summed E-state index contributed by atoms with van der Waals surface area (Å²) in [5, 5.41) is 3.21. The topological polar surface area (TPSA) is 12.0 Å². The van der Waals surface area contributed by atoms with E-state index < -0.39 is 0 Å². The van der Waals surface area contributed by atoms with Crippen LogP contribution < -0.4 is 5.32 Å². The third-order valence-electron chi connectivity index (χ3n) is 3.23. The van der Waals surface area contributed by atoms with Gasteiger partial charge in [0.2, 0.25) is 0 Å². The van der Waals surface area contributed by atoms with Crippen LogP contribution in [0.4, 0.5) is 8.78 Å². The van der Waals surface area contributed by atoms with Crippen LogP contribution in [0.3, 0.4) is 0 Å². The lowest BCUT2D eigenvalue weighted by molar-refractivity contribution is 0.525. The molecule has 20 heavy (non-hydrogen) atoms. The summed E-state index contributed by atoms with van der Waals surface area (Å²) in [6.07, 6.45) is 0.579. The molecule has 0 aliphatic rings. The zero-order valence-electron chi connectivity index (χ0n) is 11.2. The Morgan fingerprint density at radius 1 is 1.10 bits per heavy atom. The maximum atomic E-state index is 13.8. The van der Waals surface area contributed by atoms with Gasteiger partial charge in [-0.1, -0.05) is 40.2 Å². The fourth-order valence-electron chi connectivity index (χ4n) is 2.09. The van der Waals surface area contributed by atoms with Crippen molar-refractivity contribution in [2.45, 2.75) is 19.4 Å². The summed E-state index contributed by atoms with van der Waals surface area (Å²) >= 11 is 3.23. The Labute approximate surface area is 126 Å². The molecule has 0 spiro atoms. The van der Waals surface area contributed by atoms with E-state index in [0.717, 1.165) is 4.47 Å². The van der Waals surface area contributed by atoms with E-state index in [2.05, 4.69) is 21.2 Å². The van der Waals surface area contributed by atoms with Crippen LogP contribution in [0.25, 0.3) is 0 Å². The predicted octanol–water partition coefficient (Wildman–Crippen LogP) is 4.62. The molecule has 0 radical (unpaired) electrons. The van der Waals surface area contributed by atoms with Crippen LogP contribution >= 0.6 is 15.9 Å². The average molecular weight is 340 g/mol. The second-order valence-electron chi connectivity index (χ2n) is 4.68. The van der Waals surface area contributed by atoms with Crippen LogP contribution in [-0.2, 0) is 6.42 Å². The molecule has 2 aromatic carbocycles. The fourth-order valence-corrected chi connectivity index (χ4v) is 2.42. The molecule has 0 aliphatic heterocycles. The van der Waals surface area contributed by atoms with Gasteiger partial charge in [-0.15, -0.1) is 0 Å². The lowest BCUT2D eigenvalue weighted by Crippen LogP contribution is -2.22. The van der Waals surface area contributed by atoms with Crippen LogP contribution in [0.2, 0.25) is 0 Å². The molecule has 1 nitrogen and oxygen atoms in total. The molecule has 1 N–H and O–H groups in total. The Balaban J connectivity index is 1.92. The van der Waals surface area contributed by atoms with Crippen molar-refractivity contribution in [2.75, 3.05) is 6.54 Å². The fraction of sp³-hybridized carbons (Fsp3) is 0.250. The maximum absolute atomic E-state index is 13.8. The van der Waals surface area contributed by atoms with Crippen molar-refractivity contribution in [1.82, 2.24) is 5.32 Å². The minimum Gasteiger partial charge on any atom is -0.310 e. The number of rotatable bonds is 5. The molecular formula is C16H16BrF2N. The molecule has 0 aromatic heterocycles. The largest absolute Gasteiger partial charge is 0.310 e. The van der Waals surface area contributed by atoms with E-state index in [-0.39, 0.29) is 17.7 Å². The van der Waals surface area contributed by atoms with E-state index in [1.807, 2.05) is 19.1 Å². The Hall–Kier alpha value is -1.26. The van der Waals surface area contributed by atoms with E-state index in [1.165, 1.54) is 12.1 Å². The quantitative estimate of drug-likeness (QED) is 0.837. The molecule has 2 rings (SSSR count). The van der Waals surface area contributed by atoms with Gasteiger partial charge >= 0.3 is 0 Å². The Morgan fingerprint density at radius 2 is 1.85 bits per heavy atom. The van der Waals surface area contributed by atoms with Crippen molar-refractivity contribution in [3.05, 3.63) is 69.7 Å². The standard InChI is InChI=1S/C16H16BrF2N/c1-11(14-7-6-13(17)10-16(14)19)20-9-8-12-4-2-3-5-15(12)18/h2-7,10-11,20H,8-9H2,1H3. The first kappa shape index (κ1) is 15.1. The van der Waals surface area contributed by atoms with Crippen LogP contribution in [0.15, 0.2) is 46.9 Å². The number of nitrogens with one attached hydrogen (secondary N) is 1. The molecule has 0 amide bonds. The number of halogens is 3. The highest BCUT2D eigenvalue weighted by molar-refractivity contribution is 9.10. The molecule has 0 heterocycles.